The number of carbonyl (C=O) groups is 2. The van der Waals surface area contributed by atoms with Crippen molar-refractivity contribution in [2.75, 3.05) is 10.6 Å². The van der Waals surface area contributed by atoms with Gasteiger partial charge in [-0.15, -0.1) is 0 Å². The van der Waals surface area contributed by atoms with E-state index in [0.29, 0.717) is 28.4 Å². The monoisotopic (exact) mass is 300 g/mol. The average molecular weight is 300 g/mol. The van der Waals surface area contributed by atoms with Gasteiger partial charge >= 0.3 is 0 Å². The Morgan fingerprint density at radius 1 is 1.27 bits per heavy atom. The second-order valence-electron chi connectivity index (χ2n) is 5.62. The molecule has 2 amide bonds. The topological polar surface area (TPSA) is 80.6 Å². The summed E-state index contributed by atoms with van der Waals surface area (Å²) in [5, 5.41) is 5.54. The van der Waals surface area contributed by atoms with Gasteiger partial charge in [-0.25, -0.2) is 0 Å². The summed E-state index contributed by atoms with van der Waals surface area (Å²) < 4.78 is 10.8. The van der Waals surface area contributed by atoms with Crippen molar-refractivity contribution in [1.82, 2.24) is 0 Å². The third-order valence-electron chi connectivity index (χ3n) is 3.50. The van der Waals surface area contributed by atoms with Crippen molar-refractivity contribution in [2.24, 2.45) is 0 Å². The Hall–Kier alpha value is -2.76. The van der Waals surface area contributed by atoms with E-state index in [1.54, 1.807) is 45.0 Å². The lowest BCUT2D eigenvalue weighted by Crippen LogP contribution is -2.45. The Kier molecular flexibility index (Phi) is 3.16. The smallest absolute Gasteiger partial charge is 0.268 e. The highest BCUT2D eigenvalue weighted by atomic mass is 16.5. The number of amides is 2. The van der Waals surface area contributed by atoms with Crippen LogP contribution in [0.2, 0.25) is 0 Å². The van der Waals surface area contributed by atoms with Crippen molar-refractivity contribution in [3.8, 4) is 5.75 Å². The zero-order valence-electron chi connectivity index (χ0n) is 12.5. The van der Waals surface area contributed by atoms with Gasteiger partial charge in [0.25, 0.3) is 11.8 Å². The van der Waals surface area contributed by atoms with E-state index in [1.165, 1.54) is 6.26 Å². The van der Waals surface area contributed by atoms with Gasteiger partial charge in [0, 0.05) is 5.69 Å². The fraction of sp³-hybridized carbons (Fsp3) is 0.250. The lowest BCUT2D eigenvalue weighted by atomic mass is 10.1. The first-order valence-corrected chi connectivity index (χ1v) is 6.87. The molecule has 1 aliphatic rings. The number of fused-ring (bicyclic) bond motifs is 1. The van der Waals surface area contributed by atoms with E-state index < -0.39 is 5.60 Å². The molecular formula is C16H16N2O4. The molecule has 114 valence electrons. The van der Waals surface area contributed by atoms with Crippen LogP contribution in [-0.2, 0) is 4.79 Å². The van der Waals surface area contributed by atoms with Gasteiger partial charge in [-0.05, 0) is 45.0 Å². The molecular weight excluding hydrogens is 284 g/mol. The maximum absolute atomic E-state index is 12.1. The summed E-state index contributed by atoms with van der Waals surface area (Å²) in [5.41, 5.74) is 0.657. The van der Waals surface area contributed by atoms with E-state index in [0.717, 1.165) is 0 Å². The van der Waals surface area contributed by atoms with Crippen LogP contribution in [0, 0.1) is 6.92 Å². The van der Waals surface area contributed by atoms with Crippen molar-refractivity contribution in [2.45, 2.75) is 26.4 Å². The molecule has 0 radical (unpaired) electrons. The fourth-order valence-corrected chi connectivity index (χ4v) is 2.21. The molecule has 0 spiro atoms. The zero-order valence-corrected chi connectivity index (χ0v) is 12.5. The number of anilines is 2. The van der Waals surface area contributed by atoms with E-state index >= 15 is 0 Å². The first-order valence-electron chi connectivity index (χ1n) is 6.87. The third kappa shape index (κ3) is 2.43. The molecule has 0 atom stereocenters. The molecule has 6 heteroatoms. The number of hydrogen-bond acceptors (Lipinski definition) is 4. The van der Waals surface area contributed by atoms with Gasteiger partial charge in [0.05, 0.1) is 17.5 Å². The van der Waals surface area contributed by atoms with E-state index in [9.17, 15) is 9.59 Å². The van der Waals surface area contributed by atoms with Crippen molar-refractivity contribution in [3.05, 3.63) is 41.9 Å². The summed E-state index contributed by atoms with van der Waals surface area (Å²) in [6.07, 6.45) is 1.47. The Morgan fingerprint density at radius 3 is 2.73 bits per heavy atom. The summed E-state index contributed by atoms with van der Waals surface area (Å²) in [5.74, 6) is 0.625. The van der Waals surface area contributed by atoms with Crippen LogP contribution in [0.25, 0.3) is 0 Å². The van der Waals surface area contributed by atoms with Crippen LogP contribution in [-0.4, -0.2) is 17.4 Å². The lowest BCUT2D eigenvalue weighted by Gasteiger charge is -2.31. The van der Waals surface area contributed by atoms with Crippen LogP contribution in [0.5, 0.6) is 5.75 Å². The van der Waals surface area contributed by atoms with Crippen molar-refractivity contribution >= 4 is 23.2 Å². The van der Waals surface area contributed by atoms with Gasteiger partial charge in [0.2, 0.25) is 0 Å². The molecule has 1 aromatic carbocycles. The van der Waals surface area contributed by atoms with E-state index in [1.807, 2.05) is 0 Å². The maximum Gasteiger partial charge on any atom is 0.268 e. The van der Waals surface area contributed by atoms with Crippen LogP contribution in [0.4, 0.5) is 11.4 Å². The summed E-state index contributed by atoms with van der Waals surface area (Å²) in [6.45, 7) is 5.11. The van der Waals surface area contributed by atoms with E-state index in [4.69, 9.17) is 9.15 Å². The Bertz CT molecular complexity index is 761. The standard InChI is InChI=1S/C16H16N2O4/c1-9-11(6-7-21-9)14(19)17-10-4-5-13-12(8-10)18-15(20)16(2,3)22-13/h4-8H,1-3H3,(H,17,19)(H,18,20). The molecule has 6 nitrogen and oxygen atoms in total. The second kappa shape index (κ2) is 4.91. The molecule has 1 aliphatic heterocycles. The summed E-state index contributed by atoms with van der Waals surface area (Å²) in [6, 6.07) is 6.71. The first-order chi connectivity index (χ1) is 10.4. The molecule has 2 N–H and O–H groups in total. The number of aryl methyl sites for hydroxylation is 1. The number of benzene rings is 1. The minimum Gasteiger partial charge on any atom is -0.476 e. The molecule has 0 bridgehead atoms. The minimum atomic E-state index is -0.911. The number of rotatable bonds is 2. The lowest BCUT2D eigenvalue weighted by molar-refractivity contribution is -0.129. The van der Waals surface area contributed by atoms with Crippen LogP contribution < -0.4 is 15.4 Å². The number of carbonyl (C=O) groups excluding carboxylic acids is 2. The van der Waals surface area contributed by atoms with Gasteiger partial charge in [-0.3, -0.25) is 9.59 Å². The molecule has 3 rings (SSSR count). The summed E-state index contributed by atoms with van der Waals surface area (Å²) >= 11 is 0. The number of ether oxygens (including phenoxy) is 1. The third-order valence-corrected chi connectivity index (χ3v) is 3.50. The molecule has 22 heavy (non-hydrogen) atoms. The highest BCUT2D eigenvalue weighted by molar-refractivity contribution is 6.06. The molecule has 2 heterocycles. The first kappa shape index (κ1) is 14.2. The van der Waals surface area contributed by atoms with Crippen LogP contribution in [0.1, 0.15) is 30.0 Å². The molecule has 0 saturated heterocycles. The van der Waals surface area contributed by atoms with Gasteiger partial charge in [-0.1, -0.05) is 0 Å². The van der Waals surface area contributed by atoms with Gasteiger partial charge in [-0.2, -0.15) is 0 Å². The highest BCUT2D eigenvalue weighted by Crippen LogP contribution is 2.35. The maximum atomic E-state index is 12.1. The van der Waals surface area contributed by atoms with Crippen LogP contribution >= 0.6 is 0 Å². The summed E-state index contributed by atoms with van der Waals surface area (Å²) in [4.78, 5) is 24.0. The quantitative estimate of drug-likeness (QED) is 0.893. The van der Waals surface area contributed by atoms with Crippen LogP contribution in [0.15, 0.2) is 34.9 Å². The van der Waals surface area contributed by atoms with Crippen molar-refractivity contribution in [3.63, 3.8) is 0 Å². The Labute approximate surface area is 127 Å². The van der Waals surface area contributed by atoms with Gasteiger partial charge < -0.3 is 19.8 Å². The number of hydrogen-bond donors (Lipinski definition) is 2. The molecule has 1 aromatic heterocycles. The number of nitrogens with one attached hydrogen (secondary N) is 2. The molecule has 0 unspecified atom stereocenters. The van der Waals surface area contributed by atoms with Crippen molar-refractivity contribution in [1.29, 1.82) is 0 Å². The Morgan fingerprint density at radius 2 is 2.05 bits per heavy atom. The minimum absolute atomic E-state index is 0.228. The highest BCUT2D eigenvalue weighted by Gasteiger charge is 2.35. The normalized spacial score (nSPS) is 15.5. The van der Waals surface area contributed by atoms with E-state index in [2.05, 4.69) is 10.6 Å². The summed E-state index contributed by atoms with van der Waals surface area (Å²) in [7, 11) is 0. The van der Waals surface area contributed by atoms with Gasteiger partial charge in [0.15, 0.2) is 5.60 Å². The zero-order chi connectivity index (χ0) is 15.9. The van der Waals surface area contributed by atoms with Crippen molar-refractivity contribution < 1.29 is 18.7 Å². The SMILES string of the molecule is Cc1occc1C(=O)Nc1ccc2c(c1)NC(=O)C(C)(C)O2. The predicted molar refractivity (Wildman–Crippen MR) is 81.2 cm³/mol. The fourth-order valence-electron chi connectivity index (χ4n) is 2.21. The predicted octanol–water partition coefficient (Wildman–Crippen LogP) is 2.95. The molecule has 0 aliphatic carbocycles. The largest absolute Gasteiger partial charge is 0.476 e. The number of furan rings is 1. The molecule has 0 fully saturated rings. The average Bonchev–Trinajstić information content (AvgIpc) is 2.86. The molecule has 0 saturated carbocycles. The Balaban J connectivity index is 1.83. The molecule has 2 aromatic rings. The van der Waals surface area contributed by atoms with Gasteiger partial charge in [0.1, 0.15) is 11.5 Å². The van der Waals surface area contributed by atoms with Crippen LogP contribution in [0.3, 0.4) is 0 Å². The second-order valence-corrected chi connectivity index (χ2v) is 5.62. The van der Waals surface area contributed by atoms with E-state index in [-0.39, 0.29) is 11.8 Å².